The van der Waals surface area contributed by atoms with E-state index in [1.807, 2.05) is 18.2 Å². The van der Waals surface area contributed by atoms with Gasteiger partial charge < -0.3 is 0 Å². The fourth-order valence-electron chi connectivity index (χ4n) is 0.969. The quantitative estimate of drug-likeness (QED) is 0.559. The van der Waals surface area contributed by atoms with Crippen LogP contribution in [0.15, 0.2) is 30.6 Å². The van der Waals surface area contributed by atoms with E-state index in [2.05, 4.69) is 9.97 Å². The van der Waals surface area contributed by atoms with Crippen LogP contribution in [0.3, 0.4) is 0 Å². The Labute approximate surface area is 68.9 Å². The molecular weight excluding hydrogens is 160 g/mol. The van der Waals surface area contributed by atoms with Crippen LogP contribution in [0.5, 0.6) is 0 Å². The number of hydrogen-bond acceptors (Lipinski definition) is 2. The Morgan fingerprint density at radius 3 is 2.82 bits per heavy atom. The van der Waals surface area contributed by atoms with Crippen LogP contribution in [-0.2, 0) is 0 Å². The van der Waals surface area contributed by atoms with Gasteiger partial charge in [0.15, 0.2) is 5.15 Å². The van der Waals surface area contributed by atoms with Crippen molar-refractivity contribution in [2.24, 2.45) is 0 Å². The lowest BCUT2D eigenvalue weighted by Crippen LogP contribution is -1.80. The number of hydrogen-bond donors (Lipinski definition) is 0. The molecule has 0 aliphatic carbocycles. The lowest BCUT2D eigenvalue weighted by molar-refractivity contribution is 1.31. The Balaban J connectivity index is 2.91. The van der Waals surface area contributed by atoms with Crippen molar-refractivity contribution >= 4 is 22.5 Å². The monoisotopic (exact) mass is 164 g/mol. The van der Waals surface area contributed by atoms with E-state index in [4.69, 9.17) is 11.6 Å². The van der Waals surface area contributed by atoms with Crippen molar-refractivity contribution in [1.82, 2.24) is 9.97 Å². The van der Waals surface area contributed by atoms with Crippen LogP contribution in [0, 0.1) is 0 Å². The summed E-state index contributed by atoms with van der Waals surface area (Å²) in [6, 6.07) is 5.71. The molecule has 0 atom stereocenters. The minimum atomic E-state index is 0.461. The standard InChI is InChI=1S/C8H5ClN2/c9-8-7-6(3-5-11-8)2-1-4-10-7/h1-5H. The Hall–Kier alpha value is -1.15. The maximum atomic E-state index is 5.78. The molecule has 0 aromatic carbocycles. The fourth-order valence-corrected chi connectivity index (χ4v) is 1.18. The molecule has 2 aromatic heterocycles. The smallest absolute Gasteiger partial charge is 0.155 e. The van der Waals surface area contributed by atoms with Gasteiger partial charge in [0.2, 0.25) is 0 Å². The Kier molecular flexibility index (Phi) is 1.47. The SMILES string of the molecule is Clc1nccc2cccnc12. The molecule has 0 radical (unpaired) electrons. The Morgan fingerprint density at radius 2 is 2.00 bits per heavy atom. The lowest BCUT2D eigenvalue weighted by atomic mass is 10.3. The molecule has 2 aromatic rings. The second kappa shape index (κ2) is 2.47. The maximum absolute atomic E-state index is 5.78. The summed E-state index contributed by atoms with van der Waals surface area (Å²) >= 11 is 5.78. The summed E-state index contributed by atoms with van der Waals surface area (Å²) in [5, 5.41) is 1.48. The van der Waals surface area contributed by atoms with E-state index in [0.717, 1.165) is 10.9 Å². The van der Waals surface area contributed by atoms with E-state index >= 15 is 0 Å². The molecule has 0 bridgehead atoms. The Morgan fingerprint density at radius 1 is 1.09 bits per heavy atom. The number of rotatable bonds is 0. The molecule has 0 saturated heterocycles. The van der Waals surface area contributed by atoms with Gasteiger partial charge in [-0.1, -0.05) is 17.7 Å². The second-order valence-corrected chi connectivity index (χ2v) is 2.53. The predicted octanol–water partition coefficient (Wildman–Crippen LogP) is 2.28. The highest BCUT2D eigenvalue weighted by Crippen LogP contribution is 2.16. The zero-order chi connectivity index (χ0) is 7.68. The van der Waals surface area contributed by atoms with Crippen molar-refractivity contribution in [3.05, 3.63) is 35.7 Å². The zero-order valence-corrected chi connectivity index (χ0v) is 6.42. The van der Waals surface area contributed by atoms with Crippen molar-refractivity contribution in [3.63, 3.8) is 0 Å². The van der Waals surface area contributed by atoms with Gasteiger partial charge in [0.05, 0.1) is 0 Å². The number of pyridine rings is 2. The molecule has 3 heteroatoms. The van der Waals surface area contributed by atoms with E-state index in [1.54, 1.807) is 12.4 Å². The molecule has 0 saturated carbocycles. The van der Waals surface area contributed by atoms with Crippen molar-refractivity contribution in [3.8, 4) is 0 Å². The number of aromatic nitrogens is 2. The topological polar surface area (TPSA) is 25.8 Å². The van der Waals surface area contributed by atoms with E-state index in [9.17, 15) is 0 Å². The van der Waals surface area contributed by atoms with Gasteiger partial charge in [0, 0.05) is 17.8 Å². The molecule has 0 N–H and O–H groups in total. The minimum absolute atomic E-state index is 0.461. The Bertz CT molecular complexity index is 381. The van der Waals surface area contributed by atoms with Crippen molar-refractivity contribution in [2.75, 3.05) is 0 Å². The van der Waals surface area contributed by atoms with Crippen LogP contribution in [0.1, 0.15) is 0 Å². The molecule has 0 spiro atoms. The van der Waals surface area contributed by atoms with Gasteiger partial charge in [-0.3, -0.25) is 4.98 Å². The summed E-state index contributed by atoms with van der Waals surface area (Å²) in [5.41, 5.74) is 0.761. The van der Waals surface area contributed by atoms with Crippen LogP contribution < -0.4 is 0 Å². The average Bonchev–Trinajstić information content (AvgIpc) is 2.06. The van der Waals surface area contributed by atoms with Crippen LogP contribution in [0.2, 0.25) is 5.15 Å². The number of halogens is 1. The molecule has 0 unspecified atom stereocenters. The summed E-state index contributed by atoms with van der Waals surface area (Å²) in [7, 11) is 0. The van der Waals surface area contributed by atoms with Gasteiger partial charge >= 0.3 is 0 Å². The summed E-state index contributed by atoms with van der Waals surface area (Å²) < 4.78 is 0. The van der Waals surface area contributed by atoms with E-state index in [0.29, 0.717) is 5.15 Å². The lowest BCUT2D eigenvalue weighted by Gasteiger charge is -1.95. The summed E-state index contributed by atoms with van der Waals surface area (Å²) in [6.07, 6.45) is 3.38. The van der Waals surface area contributed by atoms with Crippen LogP contribution in [0.4, 0.5) is 0 Å². The number of nitrogens with zero attached hydrogens (tertiary/aromatic N) is 2. The van der Waals surface area contributed by atoms with Crippen molar-refractivity contribution < 1.29 is 0 Å². The normalized spacial score (nSPS) is 10.3. The molecular formula is C8H5ClN2. The molecule has 11 heavy (non-hydrogen) atoms. The van der Waals surface area contributed by atoms with Crippen molar-refractivity contribution in [2.45, 2.75) is 0 Å². The molecule has 2 nitrogen and oxygen atoms in total. The highest BCUT2D eigenvalue weighted by Gasteiger charge is 1.97. The third-order valence-electron chi connectivity index (χ3n) is 1.48. The molecule has 0 aliphatic heterocycles. The zero-order valence-electron chi connectivity index (χ0n) is 5.66. The van der Waals surface area contributed by atoms with Crippen LogP contribution in [-0.4, -0.2) is 9.97 Å². The molecule has 0 amide bonds. The minimum Gasteiger partial charge on any atom is -0.253 e. The molecule has 54 valence electrons. The number of fused-ring (bicyclic) bond motifs is 1. The third kappa shape index (κ3) is 1.05. The van der Waals surface area contributed by atoms with Gasteiger partial charge in [-0.05, 0) is 12.1 Å². The van der Waals surface area contributed by atoms with Gasteiger partial charge in [-0.15, -0.1) is 0 Å². The van der Waals surface area contributed by atoms with Gasteiger partial charge in [0.25, 0.3) is 0 Å². The van der Waals surface area contributed by atoms with Crippen molar-refractivity contribution in [1.29, 1.82) is 0 Å². The highest BCUT2D eigenvalue weighted by atomic mass is 35.5. The highest BCUT2D eigenvalue weighted by molar-refractivity contribution is 6.33. The first-order chi connectivity index (χ1) is 5.38. The van der Waals surface area contributed by atoms with E-state index in [1.165, 1.54) is 0 Å². The fraction of sp³-hybridized carbons (Fsp3) is 0. The second-order valence-electron chi connectivity index (χ2n) is 2.18. The summed E-state index contributed by atoms with van der Waals surface area (Å²) in [6.45, 7) is 0. The van der Waals surface area contributed by atoms with Gasteiger partial charge in [-0.25, -0.2) is 4.98 Å². The molecule has 0 aliphatic rings. The first-order valence-electron chi connectivity index (χ1n) is 3.23. The van der Waals surface area contributed by atoms with E-state index in [-0.39, 0.29) is 0 Å². The van der Waals surface area contributed by atoms with Gasteiger partial charge in [0.1, 0.15) is 5.52 Å². The first-order valence-corrected chi connectivity index (χ1v) is 3.61. The van der Waals surface area contributed by atoms with Gasteiger partial charge in [-0.2, -0.15) is 0 Å². The summed E-state index contributed by atoms with van der Waals surface area (Å²) in [5.74, 6) is 0. The third-order valence-corrected chi connectivity index (χ3v) is 1.75. The maximum Gasteiger partial charge on any atom is 0.155 e. The molecule has 0 fully saturated rings. The predicted molar refractivity (Wildman–Crippen MR) is 44.5 cm³/mol. The summed E-state index contributed by atoms with van der Waals surface area (Å²) in [4.78, 5) is 8.00. The molecule has 2 heterocycles. The van der Waals surface area contributed by atoms with Crippen LogP contribution in [0.25, 0.3) is 10.9 Å². The largest absolute Gasteiger partial charge is 0.253 e. The van der Waals surface area contributed by atoms with E-state index < -0.39 is 0 Å². The first kappa shape index (κ1) is 6.55. The van der Waals surface area contributed by atoms with Crippen LogP contribution >= 0.6 is 11.6 Å². The molecule has 2 rings (SSSR count). The average molecular weight is 165 g/mol.